The summed E-state index contributed by atoms with van der Waals surface area (Å²) in [5, 5.41) is 14.2. The molecule has 0 aromatic heterocycles. The Morgan fingerprint density at radius 2 is 1.61 bits per heavy atom. The number of halogens is 4. The molecular formula is C15H12F4N2O2. The molecule has 2 aromatic rings. The van der Waals surface area contributed by atoms with Gasteiger partial charge in [0.25, 0.3) is 0 Å². The van der Waals surface area contributed by atoms with E-state index >= 15 is 0 Å². The maximum atomic E-state index is 13.0. The molecule has 0 saturated heterocycles. The first-order chi connectivity index (χ1) is 10.9. The van der Waals surface area contributed by atoms with Crippen molar-refractivity contribution >= 4 is 11.7 Å². The molecule has 0 fully saturated rings. The van der Waals surface area contributed by atoms with Crippen LogP contribution in [0.1, 0.15) is 11.7 Å². The highest BCUT2D eigenvalue weighted by Gasteiger charge is 2.13. The number of aliphatic hydroxyl groups excluding tert-OH is 1. The minimum atomic E-state index is -1.64. The van der Waals surface area contributed by atoms with E-state index in [0.29, 0.717) is 17.7 Å². The van der Waals surface area contributed by atoms with Gasteiger partial charge in [0.05, 0.1) is 6.10 Å². The highest BCUT2D eigenvalue weighted by atomic mass is 19.2. The molecule has 0 aliphatic rings. The van der Waals surface area contributed by atoms with Gasteiger partial charge in [-0.1, -0.05) is 12.1 Å². The molecule has 1 atom stereocenters. The molecule has 0 aliphatic heterocycles. The molecular weight excluding hydrogens is 316 g/mol. The Hall–Kier alpha value is -2.61. The number of aliphatic hydroxyl groups is 1. The second-order valence-corrected chi connectivity index (χ2v) is 4.66. The predicted molar refractivity (Wildman–Crippen MR) is 74.7 cm³/mol. The maximum absolute atomic E-state index is 13.0. The fraction of sp³-hybridized carbons (Fsp3) is 0.133. The van der Waals surface area contributed by atoms with Crippen LogP contribution in [0, 0.1) is 23.3 Å². The molecule has 2 aromatic carbocycles. The summed E-state index contributed by atoms with van der Waals surface area (Å²) in [7, 11) is 0. The van der Waals surface area contributed by atoms with E-state index in [0.717, 1.165) is 12.1 Å². The number of hydrogen-bond acceptors (Lipinski definition) is 2. The number of benzene rings is 2. The molecule has 8 heteroatoms. The van der Waals surface area contributed by atoms with Crippen LogP contribution >= 0.6 is 0 Å². The van der Waals surface area contributed by atoms with Gasteiger partial charge in [-0.3, -0.25) is 0 Å². The van der Waals surface area contributed by atoms with Crippen LogP contribution < -0.4 is 10.6 Å². The first kappa shape index (κ1) is 16.8. The van der Waals surface area contributed by atoms with Crippen molar-refractivity contribution in [2.45, 2.75) is 6.10 Å². The Kier molecular flexibility index (Phi) is 5.17. The molecule has 0 spiro atoms. The standard InChI is InChI=1S/C15H12F4N2O2/c16-9-3-1-8(2-4-9)13(22)7-20-15(23)21-10-5-11(17)14(19)12(18)6-10/h1-6,13,22H,7H2,(H2,20,21,23). The zero-order valence-corrected chi connectivity index (χ0v) is 11.6. The van der Waals surface area contributed by atoms with E-state index < -0.39 is 35.4 Å². The maximum Gasteiger partial charge on any atom is 0.319 e. The van der Waals surface area contributed by atoms with Crippen molar-refractivity contribution in [3.8, 4) is 0 Å². The normalized spacial score (nSPS) is 11.9. The summed E-state index contributed by atoms with van der Waals surface area (Å²) < 4.78 is 51.5. The summed E-state index contributed by atoms with van der Waals surface area (Å²) in [5.74, 6) is -4.98. The summed E-state index contributed by atoms with van der Waals surface area (Å²) in [6.45, 7) is -0.219. The van der Waals surface area contributed by atoms with E-state index in [9.17, 15) is 27.5 Å². The monoisotopic (exact) mass is 328 g/mol. The second kappa shape index (κ2) is 7.10. The zero-order valence-electron chi connectivity index (χ0n) is 11.6. The lowest BCUT2D eigenvalue weighted by Crippen LogP contribution is -2.32. The van der Waals surface area contributed by atoms with Crippen molar-refractivity contribution < 1.29 is 27.5 Å². The van der Waals surface area contributed by atoms with Gasteiger partial charge in [-0.15, -0.1) is 0 Å². The first-order valence-corrected chi connectivity index (χ1v) is 6.49. The highest BCUT2D eigenvalue weighted by Crippen LogP contribution is 2.17. The van der Waals surface area contributed by atoms with Crippen molar-refractivity contribution in [2.75, 3.05) is 11.9 Å². The number of amides is 2. The lowest BCUT2D eigenvalue weighted by Gasteiger charge is -2.13. The number of carbonyl (C=O) groups excluding carboxylic acids is 1. The third kappa shape index (κ3) is 4.43. The van der Waals surface area contributed by atoms with Gasteiger partial charge in [0, 0.05) is 24.4 Å². The second-order valence-electron chi connectivity index (χ2n) is 4.66. The number of carbonyl (C=O) groups is 1. The van der Waals surface area contributed by atoms with Gasteiger partial charge in [0.15, 0.2) is 17.5 Å². The minimum Gasteiger partial charge on any atom is -0.387 e. The minimum absolute atomic E-state index is 0.219. The Morgan fingerprint density at radius 1 is 1.04 bits per heavy atom. The first-order valence-electron chi connectivity index (χ1n) is 6.49. The molecule has 122 valence electrons. The number of nitrogens with one attached hydrogen (secondary N) is 2. The summed E-state index contributed by atoms with van der Waals surface area (Å²) >= 11 is 0. The number of urea groups is 1. The number of anilines is 1. The van der Waals surface area contributed by atoms with Crippen molar-refractivity contribution in [1.82, 2.24) is 5.32 Å². The Labute approximate surface area is 128 Å². The molecule has 0 saturated carbocycles. The Morgan fingerprint density at radius 3 is 2.17 bits per heavy atom. The summed E-state index contributed by atoms with van der Waals surface area (Å²) in [6, 6.07) is 5.40. The Bertz CT molecular complexity index is 684. The average molecular weight is 328 g/mol. The molecule has 0 radical (unpaired) electrons. The quantitative estimate of drug-likeness (QED) is 0.597. The fourth-order valence-corrected chi connectivity index (χ4v) is 1.80. The van der Waals surface area contributed by atoms with Gasteiger partial charge in [0.2, 0.25) is 0 Å². The van der Waals surface area contributed by atoms with Gasteiger partial charge in [-0.25, -0.2) is 22.4 Å². The lowest BCUT2D eigenvalue weighted by atomic mass is 10.1. The summed E-state index contributed by atoms with van der Waals surface area (Å²) in [6.07, 6.45) is -1.09. The van der Waals surface area contributed by atoms with E-state index in [1.807, 2.05) is 0 Å². The van der Waals surface area contributed by atoms with Gasteiger partial charge >= 0.3 is 6.03 Å². The molecule has 2 rings (SSSR count). The van der Waals surface area contributed by atoms with Gasteiger partial charge < -0.3 is 15.7 Å². The number of rotatable bonds is 4. The molecule has 4 nitrogen and oxygen atoms in total. The molecule has 2 amide bonds. The average Bonchev–Trinajstić information content (AvgIpc) is 2.51. The van der Waals surface area contributed by atoms with E-state index in [2.05, 4.69) is 10.6 Å². The molecule has 3 N–H and O–H groups in total. The predicted octanol–water partition coefficient (Wildman–Crippen LogP) is 3.10. The van der Waals surface area contributed by atoms with E-state index in [1.165, 1.54) is 12.1 Å². The topological polar surface area (TPSA) is 61.4 Å². The van der Waals surface area contributed by atoms with E-state index in [-0.39, 0.29) is 12.2 Å². The van der Waals surface area contributed by atoms with Crippen LogP contribution in [0.2, 0.25) is 0 Å². The smallest absolute Gasteiger partial charge is 0.319 e. The van der Waals surface area contributed by atoms with Gasteiger partial charge in [-0.05, 0) is 17.7 Å². The third-order valence-electron chi connectivity index (χ3n) is 2.95. The summed E-state index contributed by atoms with van der Waals surface area (Å²) in [4.78, 5) is 11.6. The lowest BCUT2D eigenvalue weighted by molar-refractivity contribution is 0.175. The molecule has 0 bridgehead atoms. The zero-order chi connectivity index (χ0) is 17.0. The van der Waals surface area contributed by atoms with Crippen molar-refractivity contribution in [3.63, 3.8) is 0 Å². The summed E-state index contributed by atoms with van der Waals surface area (Å²) in [5.41, 5.74) is 0.0979. The Balaban J connectivity index is 1.91. The van der Waals surface area contributed by atoms with Crippen LogP contribution in [0.15, 0.2) is 36.4 Å². The van der Waals surface area contributed by atoms with E-state index in [4.69, 9.17) is 0 Å². The van der Waals surface area contributed by atoms with Crippen LogP contribution in [0.25, 0.3) is 0 Å². The SMILES string of the molecule is O=C(NCC(O)c1ccc(F)cc1)Nc1cc(F)c(F)c(F)c1. The molecule has 23 heavy (non-hydrogen) atoms. The van der Waals surface area contributed by atoms with E-state index in [1.54, 1.807) is 0 Å². The van der Waals surface area contributed by atoms with Crippen LogP contribution in [-0.2, 0) is 0 Å². The van der Waals surface area contributed by atoms with Crippen LogP contribution in [-0.4, -0.2) is 17.7 Å². The van der Waals surface area contributed by atoms with Gasteiger partial charge in [-0.2, -0.15) is 0 Å². The van der Waals surface area contributed by atoms with Crippen molar-refractivity contribution in [2.24, 2.45) is 0 Å². The van der Waals surface area contributed by atoms with Gasteiger partial charge in [0.1, 0.15) is 5.82 Å². The van der Waals surface area contributed by atoms with Crippen LogP contribution in [0.5, 0.6) is 0 Å². The number of hydrogen-bond donors (Lipinski definition) is 3. The van der Waals surface area contributed by atoms with Crippen molar-refractivity contribution in [3.05, 3.63) is 65.2 Å². The molecule has 1 unspecified atom stereocenters. The fourth-order valence-electron chi connectivity index (χ4n) is 1.80. The molecule has 0 aliphatic carbocycles. The third-order valence-corrected chi connectivity index (χ3v) is 2.95. The van der Waals surface area contributed by atoms with Crippen LogP contribution in [0.4, 0.5) is 28.0 Å². The largest absolute Gasteiger partial charge is 0.387 e. The van der Waals surface area contributed by atoms with Crippen molar-refractivity contribution in [1.29, 1.82) is 0 Å². The highest BCUT2D eigenvalue weighted by molar-refractivity contribution is 5.89. The van der Waals surface area contributed by atoms with Crippen LogP contribution in [0.3, 0.4) is 0 Å². The molecule has 0 heterocycles.